The molecule has 0 atom stereocenters. The summed E-state index contributed by atoms with van der Waals surface area (Å²) in [6, 6.07) is 23.9. The standard InChI is InChI=1S/C27H25N3O3/c1-18-8-13-25(19(2)16-18)32-15-14-30-24-7-5-4-6-22(24)28-27(30)23-17-26(33-29-23)20-9-11-21(31-3)12-10-20/h4-13,16-17H,14-15H2,1-3H3. The topological polar surface area (TPSA) is 62.3 Å². The smallest absolute Gasteiger partial charge is 0.167 e. The van der Waals surface area contributed by atoms with E-state index in [0.29, 0.717) is 24.6 Å². The molecule has 0 spiro atoms. The second-order valence-electron chi connectivity index (χ2n) is 8.00. The van der Waals surface area contributed by atoms with Gasteiger partial charge in [0, 0.05) is 11.6 Å². The van der Waals surface area contributed by atoms with E-state index in [1.807, 2.05) is 54.6 Å². The van der Waals surface area contributed by atoms with Gasteiger partial charge in [-0.3, -0.25) is 0 Å². The van der Waals surface area contributed by atoms with Crippen LogP contribution in [0.4, 0.5) is 0 Å². The molecule has 6 nitrogen and oxygen atoms in total. The van der Waals surface area contributed by atoms with Gasteiger partial charge in [-0.1, -0.05) is 35.0 Å². The van der Waals surface area contributed by atoms with E-state index in [-0.39, 0.29) is 0 Å². The molecule has 3 aromatic carbocycles. The quantitative estimate of drug-likeness (QED) is 0.308. The van der Waals surface area contributed by atoms with Gasteiger partial charge in [-0.15, -0.1) is 0 Å². The molecule has 5 aromatic rings. The second-order valence-corrected chi connectivity index (χ2v) is 8.00. The summed E-state index contributed by atoms with van der Waals surface area (Å²) in [4.78, 5) is 4.84. The van der Waals surface area contributed by atoms with Crippen LogP contribution in [0.2, 0.25) is 0 Å². The van der Waals surface area contributed by atoms with E-state index < -0.39 is 0 Å². The number of methoxy groups -OCH3 is 1. The number of ether oxygens (including phenoxy) is 2. The first kappa shape index (κ1) is 20.8. The van der Waals surface area contributed by atoms with Crippen molar-refractivity contribution in [3.63, 3.8) is 0 Å². The molecule has 0 saturated heterocycles. The Kier molecular flexibility index (Phi) is 5.57. The largest absolute Gasteiger partial charge is 0.497 e. The molecule has 0 aliphatic rings. The van der Waals surface area contributed by atoms with Crippen molar-refractivity contribution in [2.75, 3.05) is 13.7 Å². The van der Waals surface area contributed by atoms with E-state index in [1.165, 1.54) is 5.56 Å². The Balaban J connectivity index is 1.44. The predicted octanol–water partition coefficient (Wildman–Crippen LogP) is 6.06. The molecule has 0 N–H and O–H groups in total. The van der Waals surface area contributed by atoms with Crippen molar-refractivity contribution in [1.82, 2.24) is 14.7 Å². The number of imidazole rings is 1. The number of hydrogen-bond donors (Lipinski definition) is 0. The fourth-order valence-corrected chi connectivity index (χ4v) is 3.98. The zero-order valence-corrected chi connectivity index (χ0v) is 18.9. The third kappa shape index (κ3) is 4.20. The van der Waals surface area contributed by atoms with Crippen LogP contribution in [0.15, 0.2) is 77.3 Å². The number of para-hydroxylation sites is 2. The summed E-state index contributed by atoms with van der Waals surface area (Å²) >= 11 is 0. The SMILES string of the molecule is COc1ccc(-c2cc(-c3nc4ccccc4n3CCOc3ccc(C)cc3C)no2)cc1. The lowest BCUT2D eigenvalue weighted by Crippen LogP contribution is -2.10. The Labute approximate surface area is 192 Å². The minimum atomic E-state index is 0.514. The summed E-state index contributed by atoms with van der Waals surface area (Å²) in [6.07, 6.45) is 0. The molecule has 0 radical (unpaired) electrons. The number of aryl methyl sites for hydroxylation is 2. The lowest BCUT2D eigenvalue weighted by Gasteiger charge is -2.12. The van der Waals surface area contributed by atoms with Gasteiger partial charge in [0.2, 0.25) is 0 Å². The lowest BCUT2D eigenvalue weighted by atomic mass is 10.1. The third-order valence-electron chi connectivity index (χ3n) is 5.67. The maximum Gasteiger partial charge on any atom is 0.167 e. The average molecular weight is 440 g/mol. The zero-order chi connectivity index (χ0) is 22.8. The van der Waals surface area contributed by atoms with Gasteiger partial charge in [0.25, 0.3) is 0 Å². The number of rotatable bonds is 7. The Hall–Kier alpha value is -4.06. The molecule has 166 valence electrons. The molecule has 33 heavy (non-hydrogen) atoms. The second kappa shape index (κ2) is 8.82. The molecule has 5 rings (SSSR count). The highest BCUT2D eigenvalue weighted by Crippen LogP contribution is 2.29. The van der Waals surface area contributed by atoms with Crippen molar-refractivity contribution in [2.24, 2.45) is 0 Å². The van der Waals surface area contributed by atoms with Crippen LogP contribution in [-0.4, -0.2) is 28.4 Å². The molecular formula is C27H25N3O3. The summed E-state index contributed by atoms with van der Waals surface area (Å²) < 4.78 is 19.1. The Morgan fingerprint density at radius 3 is 2.55 bits per heavy atom. The Bertz CT molecular complexity index is 1400. The van der Waals surface area contributed by atoms with E-state index in [0.717, 1.165) is 39.5 Å². The fraction of sp³-hybridized carbons (Fsp3) is 0.185. The average Bonchev–Trinajstić information content (AvgIpc) is 3.46. The molecule has 0 aliphatic carbocycles. The summed E-state index contributed by atoms with van der Waals surface area (Å²) in [5.74, 6) is 3.13. The van der Waals surface area contributed by atoms with Crippen molar-refractivity contribution < 1.29 is 14.0 Å². The maximum absolute atomic E-state index is 6.10. The molecule has 6 heteroatoms. The summed E-state index contributed by atoms with van der Waals surface area (Å²) in [6.45, 7) is 5.30. The van der Waals surface area contributed by atoms with Gasteiger partial charge in [-0.2, -0.15) is 0 Å². The van der Waals surface area contributed by atoms with E-state index >= 15 is 0 Å². The molecule has 0 saturated carbocycles. The highest BCUT2D eigenvalue weighted by atomic mass is 16.5. The van der Waals surface area contributed by atoms with Crippen molar-refractivity contribution >= 4 is 11.0 Å². The van der Waals surface area contributed by atoms with Crippen LogP contribution in [0, 0.1) is 13.8 Å². The summed E-state index contributed by atoms with van der Waals surface area (Å²) in [5.41, 5.74) is 5.91. The molecule has 2 aromatic heterocycles. The number of benzene rings is 3. The van der Waals surface area contributed by atoms with E-state index in [9.17, 15) is 0 Å². The molecule has 2 heterocycles. The van der Waals surface area contributed by atoms with E-state index in [4.69, 9.17) is 19.0 Å². The third-order valence-corrected chi connectivity index (χ3v) is 5.67. The summed E-state index contributed by atoms with van der Waals surface area (Å²) in [5, 5.41) is 4.32. The Morgan fingerprint density at radius 2 is 1.76 bits per heavy atom. The molecule has 0 aliphatic heterocycles. The van der Waals surface area contributed by atoms with Crippen LogP contribution in [0.5, 0.6) is 11.5 Å². The van der Waals surface area contributed by atoms with E-state index in [2.05, 4.69) is 41.8 Å². The predicted molar refractivity (Wildman–Crippen MR) is 129 cm³/mol. The first-order valence-electron chi connectivity index (χ1n) is 10.9. The van der Waals surface area contributed by atoms with Gasteiger partial charge in [-0.25, -0.2) is 4.98 Å². The normalized spacial score (nSPS) is 11.1. The highest BCUT2D eigenvalue weighted by molar-refractivity contribution is 5.80. The van der Waals surface area contributed by atoms with Gasteiger partial charge in [-0.05, 0) is 61.9 Å². The van der Waals surface area contributed by atoms with Gasteiger partial charge >= 0.3 is 0 Å². The van der Waals surface area contributed by atoms with Crippen molar-refractivity contribution in [1.29, 1.82) is 0 Å². The van der Waals surface area contributed by atoms with Crippen molar-refractivity contribution in [2.45, 2.75) is 20.4 Å². The lowest BCUT2D eigenvalue weighted by molar-refractivity contribution is 0.298. The number of hydrogen-bond acceptors (Lipinski definition) is 5. The minimum Gasteiger partial charge on any atom is -0.497 e. The molecule has 0 amide bonds. The zero-order valence-electron chi connectivity index (χ0n) is 18.9. The number of nitrogens with zero attached hydrogens (tertiary/aromatic N) is 3. The van der Waals surface area contributed by atoms with E-state index in [1.54, 1.807) is 7.11 Å². The van der Waals surface area contributed by atoms with Crippen molar-refractivity contribution in [3.8, 4) is 34.3 Å². The van der Waals surface area contributed by atoms with Crippen LogP contribution in [0.3, 0.4) is 0 Å². The molecule has 0 unspecified atom stereocenters. The number of aromatic nitrogens is 3. The maximum atomic E-state index is 6.10. The van der Waals surface area contributed by atoms with Gasteiger partial charge in [0.05, 0.1) is 24.7 Å². The van der Waals surface area contributed by atoms with Crippen LogP contribution >= 0.6 is 0 Å². The van der Waals surface area contributed by atoms with Gasteiger partial charge in [0.1, 0.15) is 23.8 Å². The first-order chi connectivity index (χ1) is 16.1. The summed E-state index contributed by atoms with van der Waals surface area (Å²) in [7, 11) is 1.65. The number of fused-ring (bicyclic) bond motifs is 1. The first-order valence-corrected chi connectivity index (χ1v) is 10.9. The highest BCUT2D eigenvalue weighted by Gasteiger charge is 2.17. The molecule has 0 fully saturated rings. The van der Waals surface area contributed by atoms with Gasteiger partial charge in [0.15, 0.2) is 11.6 Å². The van der Waals surface area contributed by atoms with Crippen LogP contribution < -0.4 is 9.47 Å². The van der Waals surface area contributed by atoms with Crippen molar-refractivity contribution in [3.05, 3.63) is 83.9 Å². The van der Waals surface area contributed by atoms with Crippen LogP contribution in [-0.2, 0) is 6.54 Å². The minimum absolute atomic E-state index is 0.514. The van der Waals surface area contributed by atoms with Crippen LogP contribution in [0.25, 0.3) is 33.9 Å². The Morgan fingerprint density at radius 1 is 0.939 bits per heavy atom. The van der Waals surface area contributed by atoms with Crippen LogP contribution in [0.1, 0.15) is 11.1 Å². The fourth-order valence-electron chi connectivity index (χ4n) is 3.98. The monoisotopic (exact) mass is 439 g/mol. The van der Waals surface area contributed by atoms with Gasteiger partial charge < -0.3 is 18.6 Å². The molecular weight excluding hydrogens is 414 g/mol. The molecule has 0 bridgehead atoms.